The fourth-order valence-corrected chi connectivity index (χ4v) is 2.97. The zero-order valence-electron chi connectivity index (χ0n) is 13.0. The molecule has 5 nitrogen and oxygen atoms in total. The van der Waals surface area contributed by atoms with Crippen LogP contribution in [0.3, 0.4) is 0 Å². The molecule has 122 valence electrons. The van der Waals surface area contributed by atoms with E-state index in [2.05, 4.69) is 40.6 Å². The largest absolute Gasteiger partial charge is 0.744 e. The van der Waals surface area contributed by atoms with Gasteiger partial charge in [0.15, 0.2) is 6.34 Å². The van der Waals surface area contributed by atoms with Crippen molar-refractivity contribution in [2.45, 2.75) is 11.8 Å². The summed E-state index contributed by atoms with van der Waals surface area (Å²) in [4.78, 5) is 4.15. The predicted molar refractivity (Wildman–Crippen MR) is 92.8 cm³/mol. The summed E-state index contributed by atoms with van der Waals surface area (Å²) >= 11 is 0. The number of nitrogens with two attached hydrogens (primary N) is 1. The van der Waals surface area contributed by atoms with E-state index in [0.29, 0.717) is 0 Å². The standard InChI is InChI=1S/C11H8N2.C7H8O3S/c1-3-8-4-2-6-10-11(8)9(5-1)12-7-13-10;1-6-2-4-7(5-3-6)11(8,9)10/h1-7H,(H,12,13);2-5H,1H3,(H,8,9,10). The Hall–Kier alpha value is -2.54. The van der Waals surface area contributed by atoms with E-state index < -0.39 is 10.1 Å². The first-order chi connectivity index (χ1) is 11.4. The molecule has 0 aromatic heterocycles. The molecule has 1 heterocycles. The highest BCUT2D eigenvalue weighted by molar-refractivity contribution is 7.85. The van der Waals surface area contributed by atoms with Gasteiger partial charge in [-0.15, -0.1) is 0 Å². The molecule has 0 atom stereocenters. The fourth-order valence-electron chi connectivity index (χ4n) is 2.50. The Morgan fingerprint density at radius 1 is 0.958 bits per heavy atom. The van der Waals surface area contributed by atoms with Crippen LogP contribution in [0.4, 0.5) is 11.4 Å². The van der Waals surface area contributed by atoms with E-state index in [9.17, 15) is 13.0 Å². The molecule has 0 saturated carbocycles. The van der Waals surface area contributed by atoms with Crippen LogP contribution in [0.5, 0.6) is 0 Å². The number of aliphatic imine (C=N–C) groups is 1. The van der Waals surface area contributed by atoms with Crippen LogP contribution in [0.2, 0.25) is 0 Å². The van der Waals surface area contributed by atoms with Crippen molar-refractivity contribution in [3.05, 3.63) is 66.2 Å². The smallest absolute Gasteiger partial charge is 0.192 e. The second-order valence-electron chi connectivity index (χ2n) is 5.43. The van der Waals surface area contributed by atoms with Gasteiger partial charge in [-0.05, 0) is 30.5 Å². The number of hydrogen-bond donors (Lipinski definition) is 1. The zero-order chi connectivity index (χ0) is 17.2. The minimum absolute atomic E-state index is 0.178. The van der Waals surface area contributed by atoms with Gasteiger partial charge < -0.3 is 4.55 Å². The topological polar surface area (TPSA) is 86.2 Å². The van der Waals surface area contributed by atoms with Gasteiger partial charge in [0.2, 0.25) is 0 Å². The third-order valence-electron chi connectivity index (χ3n) is 3.69. The van der Waals surface area contributed by atoms with Crippen molar-refractivity contribution in [1.82, 2.24) is 0 Å². The summed E-state index contributed by atoms with van der Waals surface area (Å²) in [5.41, 5.74) is 3.27. The first-order valence-corrected chi connectivity index (χ1v) is 8.78. The number of benzene rings is 3. The van der Waals surface area contributed by atoms with Gasteiger partial charge in [0.05, 0.1) is 16.0 Å². The number of aryl methyl sites for hydroxylation is 1. The van der Waals surface area contributed by atoms with Gasteiger partial charge in [0.1, 0.15) is 15.8 Å². The molecule has 0 aliphatic carbocycles. The maximum Gasteiger partial charge on any atom is 0.192 e. The molecular formula is C18H16N2O3S. The highest BCUT2D eigenvalue weighted by atomic mass is 32.2. The SMILES string of the molecule is C1=Nc2cccc3cccc(c23)[NH2+]1.Cc1ccc(S(=O)(=O)[O-])cc1. The lowest BCUT2D eigenvalue weighted by Gasteiger charge is -2.07. The van der Waals surface area contributed by atoms with Crippen molar-refractivity contribution in [3.8, 4) is 0 Å². The molecule has 6 heteroatoms. The summed E-state index contributed by atoms with van der Waals surface area (Å²) in [5, 5.41) is 4.59. The summed E-state index contributed by atoms with van der Waals surface area (Å²) in [5.74, 6) is 0. The number of rotatable bonds is 1. The van der Waals surface area contributed by atoms with Crippen LogP contribution in [-0.2, 0) is 10.1 Å². The van der Waals surface area contributed by atoms with Crippen LogP contribution < -0.4 is 5.32 Å². The highest BCUT2D eigenvalue weighted by Gasteiger charge is 2.10. The lowest BCUT2D eigenvalue weighted by Crippen LogP contribution is -2.76. The summed E-state index contributed by atoms with van der Waals surface area (Å²) in [7, 11) is -4.27. The third-order valence-corrected chi connectivity index (χ3v) is 4.54. The van der Waals surface area contributed by atoms with E-state index in [1.807, 2.05) is 19.3 Å². The van der Waals surface area contributed by atoms with Crippen molar-refractivity contribution in [1.29, 1.82) is 0 Å². The average molecular weight is 340 g/mol. The molecule has 0 spiro atoms. The van der Waals surface area contributed by atoms with E-state index in [0.717, 1.165) is 11.3 Å². The lowest BCUT2D eigenvalue weighted by atomic mass is 10.1. The summed E-state index contributed by atoms with van der Waals surface area (Å²) < 4.78 is 31.2. The van der Waals surface area contributed by atoms with Crippen LogP contribution in [0.15, 0.2) is 70.6 Å². The number of hydrogen-bond acceptors (Lipinski definition) is 4. The molecule has 2 N–H and O–H groups in total. The second kappa shape index (κ2) is 6.52. The molecule has 0 amide bonds. The quantitative estimate of drug-likeness (QED) is 0.546. The molecule has 1 aliphatic heterocycles. The van der Waals surface area contributed by atoms with Gasteiger partial charge in [0.25, 0.3) is 0 Å². The Balaban J connectivity index is 0.000000144. The molecule has 0 bridgehead atoms. The summed E-state index contributed by atoms with van der Waals surface area (Å²) in [6.45, 7) is 1.82. The maximum absolute atomic E-state index is 10.4. The van der Waals surface area contributed by atoms with Crippen LogP contribution in [0.25, 0.3) is 10.8 Å². The van der Waals surface area contributed by atoms with Crippen LogP contribution >= 0.6 is 0 Å². The van der Waals surface area contributed by atoms with Crippen molar-refractivity contribution < 1.29 is 18.3 Å². The third kappa shape index (κ3) is 3.51. The van der Waals surface area contributed by atoms with E-state index >= 15 is 0 Å². The molecule has 0 saturated heterocycles. The van der Waals surface area contributed by atoms with E-state index in [1.165, 1.54) is 28.6 Å². The van der Waals surface area contributed by atoms with Gasteiger partial charge in [-0.1, -0.05) is 42.0 Å². The summed E-state index contributed by atoms with van der Waals surface area (Å²) in [6, 6.07) is 18.3. The zero-order valence-corrected chi connectivity index (χ0v) is 13.8. The molecule has 0 fully saturated rings. The first-order valence-electron chi connectivity index (χ1n) is 7.37. The van der Waals surface area contributed by atoms with Gasteiger partial charge in [-0.25, -0.2) is 13.4 Å². The Bertz CT molecular complexity index is 1000. The number of nitrogens with zero attached hydrogens (tertiary/aromatic N) is 1. The first kappa shape index (κ1) is 16.3. The molecule has 4 rings (SSSR count). The minimum atomic E-state index is -4.27. The second-order valence-corrected chi connectivity index (χ2v) is 6.81. The highest BCUT2D eigenvalue weighted by Crippen LogP contribution is 2.30. The maximum atomic E-state index is 10.4. The summed E-state index contributed by atoms with van der Waals surface area (Å²) in [6.07, 6.45) is 1.86. The van der Waals surface area contributed by atoms with Crippen LogP contribution in [0, 0.1) is 6.92 Å². The molecule has 0 radical (unpaired) electrons. The van der Waals surface area contributed by atoms with Crippen molar-refractivity contribution >= 4 is 38.6 Å². The monoisotopic (exact) mass is 340 g/mol. The predicted octanol–water partition coefficient (Wildman–Crippen LogP) is 2.61. The Morgan fingerprint density at radius 3 is 2.29 bits per heavy atom. The average Bonchev–Trinajstić information content (AvgIpc) is 2.56. The van der Waals surface area contributed by atoms with Crippen LogP contribution in [0.1, 0.15) is 5.56 Å². The Labute approximate surface area is 140 Å². The van der Waals surface area contributed by atoms with Gasteiger partial charge in [0, 0.05) is 6.07 Å². The fraction of sp³-hybridized carbons (Fsp3) is 0.0556. The Morgan fingerprint density at radius 2 is 1.62 bits per heavy atom. The molecule has 3 aromatic carbocycles. The molecule has 3 aromatic rings. The molecule has 24 heavy (non-hydrogen) atoms. The van der Waals surface area contributed by atoms with E-state index in [1.54, 1.807) is 12.1 Å². The number of quaternary nitrogens is 1. The molecule has 1 aliphatic rings. The van der Waals surface area contributed by atoms with Gasteiger partial charge in [-0.3, -0.25) is 5.32 Å². The van der Waals surface area contributed by atoms with Gasteiger partial charge >= 0.3 is 0 Å². The molecular weight excluding hydrogens is 324 g/mol. The lowest BCUT2D eigenvalue weighted by molar-refractivity contribution is -0.431. The van der Waals surface area contributed by atoms with Crippen LogP contribution in [-0.4, -0.2) is 19.3 Å². The molecule has 0 unspecified atom stereocenters. The van der Waals surface area contributed by atoms with E-state index in [-0.39, 0.29) is 4.90 Å². The Kier molecular flexibility index (Phi) is 4.44. The van der Waals surface area contributed by atoms with Crippen molar-refractivity contribution in [3.63, 3.8) is 0 Å². The van der Waals surface area contributed by atoms with E-state index in [4.69, 9.17) is 0 Å². The normalized spacial score (nSPS) is 12.6. The van der Waals surface area contributed by atoms with Crippen molar-refractivity contribution in [2.75, 3.05) is 0 Å². The van der Waals surface area contributed by atoms with Crippen molar-refractivity contribution in [2.24, 2.45) is 4.99 Å². The van der Waals surface area contributed by atoms with Gasteiger partial charge in [-0.2, -0.15) is 0 Å². The minimum Gasteiger partial charge on any atom is -0.744 e.